The number of hydrogen-bond acceptors (Lipinski definition) is 1. The highest BCUT2D eigenvalue weighted by atomic mass is 19.1. The van der Waals surface area contributed by atoms with Crippen molar-refractivity contribution in [1.82, 2.24) is 5.32 Å². The van der Waals surface area contributed by atoms with Crippen molar-refractivity contribution in [3.63, 3.8) is 0 Å². The Labute approximate surface area is 109 Å². The van der Waals surface area contributed by atoms with Gasteiger partial charge in [-0.15, -0.1) is 0 Å². The molecule has 2 fully saturated rings. The third-order valence-electron chi connectivity index (χ3n) is 5.05. The first-order valence-corrected chi connectivity index (χ1v) is 7.19. The normalized spacial score (nSPS) is 31.8. The molecule has 1 aromatic rings. The monoisotopic (exact) mass is 247 g/mol. The van der Waals surface area contributed by atoms with Crippen LogP contribution in [0.4, 0.5) is 4.39 Å². The van der Waals surface area contributed by atoms with Crippen molar-refractivity contribution in [3.05, 3.63) is 35.6 Å². The molecule has 2 bridgehead atoms. The summed E-state index contributed by atoms with van der Waals surface area (Å²) in [7, 11) is 1.95. The fourth-order valence-corrected chi connectivity index (χ4v) is 4.13. The average molecular weight is 247 g/mol. The first-order chi connectivity index (χ1) is 8.78. The second-order valence-electron chi connectivity index (χ2n) is 6.03. The van der Waals surface area contributed by atoms with E-state index in [4.69, 9.17) is 0 Å². The molecular weight excluding hydrogens is 225 g/mol. The van der Waals surface area contributed by atoms with Crippen LogP contribution in [0, 0.1) is 23.6 Å². The topological polar surface area (TPSA) is 12.0 Å². The van der Waals surface area contributed by atoms with E-state index in [0.717, 1.165) is 29.7 Å². The van der Waals surface area contributed by atoms with Crippen LogP contribution in [0.25, 0.3) is 0 Å². The standard InChI is InChI=1S/C16H22FN/c1-18-16(14-4-2-3-5-15(14)17)10-13-9-11-6-7-12(13)8-11/h2-5,11-13,16,18H,6-10H2,1H3. The molecule has 0 aliphatic heterocycles. The van der Waals surface area contributed by atoms with Gasteiger partial charge in [0.05, 0.1) is 0 Å². The number of nitrogens with one attached hydrogen (secondary N) is 1. The smallest absolute Gasteiger partial charge is 0.127 e. The molecule has 0 aromatic heterocycles. The van der Waals surface area contributed by atoms with Crippen LogP contribution in [0.2, 0.25) is 0 Å². The van der Waals surface area contributed by atoms with Crippen LogP contribution >= 0.6 is 0 Å². The zero-order valence-electron chi connectivity index (χ0n) is 11.0. The zero-order valence-corrected chi connectivity index (χ0v) is 11.0. The third-order valence-corrected chi connectivity index (χ3v) is 5.05. The molecule has 2 heteroatoms. The molecule has 0 spiro atoms. The molecule has 4 unspecified atom stereocenters. The summed E-state index contributed by atoms with van der Waals surface area (Å²) in [5.74, 6) is 2.62. The predicted octanol–water partition coefficient (Wildman–Crippen LogP) is 3.91. The Morgan fingerprint density at radius 2 is 2.11 bits per heavy atom. The summed E-state index contributed by atoms with van der Waals surface area (Å²) in [5.41, 5.74) is 0.836. The summed E-state index contributed by atoms with van der Waals surface area (Å²) in [4.78, 5) is 0. The molecule has 1 nitrogen and oxygen atoms in total. The highest BCUT2D eigenvalue weighted by molar-refractivity contribution is 5.21. The minimum atomic E-state index is -0.0694. The number of fused-ring (bicyclic) bond motifs is 2. The molecule has 1 N–H and O–H groups in total. The maximum absolute atomic E-state index is 13.8. The Bertz CT molecular complexity index is 417. The minimum absolute atomic E-state index is 0.0694. The molecule has 98 valence electrons. The molecule has 2 aliphatic carbocycles. The summed E-state index contributed by atoms with van der Waals surface area (Å²) >= 11 is 0. The lowest BCUT2D eigenvalue weighted by Gasteiger charge is -2.27. The molecule has 0 saturated heterocycles. The Hall–Kier alpha value is -0.890. The van der Waals surface area contributed by atoms with E-state index in [9.17, 15) is 4.39 Å². The van der Waals surface area contributed by atoms with Gasteiger partial charge in [-0.05, 0) is 56.6 Å². The minimum Gasteiger partial charge on any atom is -0.313 e. The number of hydrogen-bond donors (Lipinski definition) is 1. The zero-order chi connectivity index (χ0) is 12.5. The van der Waals surface area contributed by atoms with Crippen LogP contribution in [0.1, 0.15) is 43.7 Å². The lowest BCUT2D eigenvalue weighted by Crippen LogP contribution is -2.23. The molecule has 0 radical (unpaired) electrons. The van der Waals surface area contributed by atoms with Crippen LogP contribution in [-0.2, 0) is 0 Å². The second kappa shape index (κ2) is 5.00. The van der Waals surface area contributed by atoms with Crippen LogP contribution in [0.3, 0.4) is 0 Å². The van der Waals surface area contributed by atoms with Crippen LogP contribution in [0.5, 0.6) is 0 Å². The lowest BCUT2D eigenvalue weighted by molar-refractivity contribution is 0.282. The van der Waals surface area contributed by atoms with Crippen molar-refractivity contribution >= 4 is 0 Å². The molecule has 0 heterocycles. The lowest BCUT2D eigenvalue weighted by atomic mass is 9.82. The molecule has 2 saturated carbocycles. The van der Waals surface area contributed by atoms with E-state index in [0.29, 0.717) is 0 Å². The maximum atomic E-state index is 13.8. The Kier molecular flexibility index (Phi) is 3.38. The largest absolute Gasteiger partial charge is 0.313 e. The van der Waals surface area contributed by atoms with Crippen molar-refractivity contribution in [1.29, 1.82) is 0 Å². The van der Waals surface area contributed by atoms with Gasteiger partial charge in [0.25, 0.3) is 0 Å². The maximum Gasteiger partial charge on any atom is 0.127 e. The molecular formula is C16H22FN. The van der Waals surface area contributed by atoms with Crippen molar-refractivity contribution < 1.29 is 4.39 Å². The molecule has 18 heavy (non-hydrogen) atoms. The van der Waals surface area contributed by atoms with Crippen LogP contribution in [-0.4, -0.2) is 7.05 Å². The molecule has 4 atom stereocenters. The van der Waals surface area contributed by atoms with Gasteiger partial charge in [-0.1, -0.05) is 24.6 Å². The highest BCUT2D eigenvalue weighted by Gasteiger charge is 2.40. The Morgan fingerprint density at radius 1 is 1.28 bits per heavy atom. The molecule has 2 aliphatic rings. The van der Waals surface area contributed by atoms with Crippen molar-refractivity contribution in [2.45, 2.75) is 38.1 Å². The van der Waals surface area contributed by atoms with E-state index in [1.54, 1.807) is 12.1 Å². The van der Waals surface area contributed by atoms with Gasteiger partial charge in [-0.25, -0.2) is 4.39 Å². The molecule has 3 rings (SSSR count). The van der Waals surface area contributed by atoms with E-state index >= 15 is 0 Å². The third kappa shape index (κ3) is 2.18. The summed E-state index contributed by atoms with van der Waals surface area (Å²) in [6.45, 7) is 0. The predicted molar refractivity (Wildman–Crippen MR) is 71.8 cm³/mol. The van der Waals surface area contributed by atoms with Gasteiger partial charge in [0, 0.05) is 11.6 Å². The van der Waals surface area contributed by atoms with Gasteiger partial charge < -0.3 is 5.32 Å². The quantitative estimate of drug-likeness (QED) is 0.850. The van der Waals surface area contributed by atoms with E-state index in [-0.39, 0.29) is 11.9 Å². The Morgan fingerprint density at radius 3 is 2.72 bits per heavy atom. The molecule has 1 aromatic carbocycles. The van der Waals surface area contributed by atoms with Crippen LogP contribution < -0.4 is 5.32 Å². The van der Waals surface area contributed by atoms with Gasteiger partial charge in [0.2, 0.25) is 0 Å². The Balaban J connectivity index is 1.72. The summed E-state index contributed by atoms with van der Waals surface area (Å²) in [6.07, 6.45) is 6.74. The summed E-state index contributed by atoms with van der Waals surface area (Å²) in [5, 5.41) is 3.31. The number of rotatable bonds is 4. The summed E-state index contributed by atoms with van der Waals surface area (Å²) < 4.78 is 13.8. The van der Waals surface area contributed by atoms with Gasteiger partial charge in [-0.2, -0.15) is 0 Å². The van der Waals surface area contributed by atoms with Crippen molar-refractivity contribution in [2.75, 3.05) is 7.05 Å². The van der Waals surface area contributed by atoms with E-state index in [2.05, 4.69) is 5.32 Å². The van der Waals surface area contributed by atoms with Gasteiger partial charge in [0.1, 0.15) is 5.82 Å². The van der Waals surface area contributed by atoms with E-state index < -0.39 is 0 Å². The van der Waals surface area contributed by atoms with E-state index in [1.165, 1.54) is 25.7 Å². The van der Waals surface area contributed by atoms with Crippen LogP contribution in [0.15, 0.2) is 24.3 Å². The average Bonchev–Trinajstić information content (AvgIpc) is 2.99. The van der Waals surface area contributed by atoms with E-state index in [1.807, 2.05) is 19.2 Å². The fourth-order valence-electron chi connectivity index (χ4n) is 4.13. The van der Waals surface area contributed by atoms with Gasteiger partial charge in [0.15, 0.2) is 0 Å². The van der Waals surface area contributed by atoms with Crippen molar-refractivity contribution in [2.24, 2.45) is 17.8 Å². The first-order valence-electron chi connectivity index (χ1n) is 7.19. The van der Waals surface area contributed by atoms with Gasteiger partial charge in [-0.3, -0.25) is 0 Å². The summed E-state index contributed by atoms with van der Waals surface area (Å²) in [6, 6.07) is 7.37. The van der Waals surface area contributed by atoms with Gasteiger partial charge >= 0.3 is 0 Å². The second-order valence-corrected chi connectivity index (χ2v) is 6.03. The molecule has 0 amide bonds. The number of benzene rings is 1. The van der Waals surface area contributed by atoms with Crippen molar-refractivity contribution in [3.8, 4) is 0 Å². The first kappa shape index (κ1) is 12.2. The number of halogens is 1. The highest BCUT2D eigenvalue weighted by Crippen LogP contribution is 2.50. The fraction of sp³-hybridized carbons (Fsp3) is 0.625. The SMILES string of the molecule is CNC(CC1CC2CCC1C2)c1ccccc1F.